The Balaban J connectivity index is 1.93. The minimum Gasteiger partial charge on any atom is -0.480 e. The fourth-order valence-corrected chi connectivity index (χ4v) is 4.29. The van der Waals surface area contributed by atoms with Crippen molar-refractivity contribution in [3.05, 3.63) is 12.4 Å². The molecule has 1 fully saturated rings. The van der Waals surface area contributed by atoms with E-state index >= 15 is 0 Å². The van der Waals surface area contributed by atoms with Gasteiger partial charge in [0.2, 0.25) is 0 Å². The van der Waals surface area contributed by atoms with Gasteiger partial charge in [0.1, 0.15) is 6.54 Å². The molecule has 1 aromatic heterocycles. The van der Waals surface area contributed by atoms with Crippen molar-refractivity contribution in [2.24, 2.45) is 0 Å². The molecule has 0 bridgehead atoms. The monoisotopic (exact) mass is 316 g/mol. The number of nitrogens with one attached hydrogen (secondary N) is 2. The van der Waals surface area contributed by atoms with E-state index in [2.05, 4.69) is 15.7 Å². The maximum Gasteiger partial charge on any atom is 0.325 e. The molecule has 1 unspecified atom stereocenters. The van der Waals surface area contributed by atoms with Crippen LogP contribution in [0.5, 0.6) is 0 Å². The number of anilines is 1. The van der Waals surface area contributed by atoms with Crippen molar-refractivity contribution >= 4 is 27.5 Å². The summed E-state index contributed by atoms with van der Waals surface area (Å²) in [5.74, 6) is -1.08. The third-order valence-electron chi connectivity index (χ3n) is 3.11. The summed E-state index contributed by atoms with van der Waals surface area (Å²) in [7, 11) is -3.11. The second-order valence-electron chi connectivity index (χ2n) is 5.30. The standard InChI is InChI=1S/C11H16N4O5S/c1-11(2-3-21(19,20)7-11)14-10(18)13-8-4-12-15(5-8)6-9(16)17/h4-5H,2-3,6-7H2,1H3,(H,16,17)(H2,13,14,18). The van der Waals surface area contributed by atoms with Crippen LogP contribution in [0.3, 0.4) is 0 Å². The molecule has 2 heterocycles. The minimum absolute atomic E-state index is 0.0559. The van der Waals surface area contributed by atoms with Crippen LogP contribution in [0, 0.1) is 0 Å². The number of sulfone groups is 1. The van der Waals surface area contributed by atoms with Crippen LogP contribution in [0.1, 0.15) is 13.3 Å². The van der Waals surface area contributed by atoms with E-state index in [-0.39, 0.29) is 18.1 Å². The smallest absolute Gasteiger partial charge is 0.325 e. The molecule has 1 aliphatic rings. The number of hydrogen-bond donors (Lipinski definition) is 3. The maximum absolute atomic E-state index is 11.8. The molecule has 0 saturated carbocycles. The van der Waals surface area contributed by atoms with Crippen LogP contribution in [0.15, 0.2) is 12.4 Å². The van der Waals surface area contributed by atoms with Crippen LogP contribution in [-0.2, 0) is 21.2 Å². The van der Waals surface area contributed by atoms with Crippen molar-refractivity contribution < 1.29 is 23.1 Å². The highest BCUT2D eigenvalue weighted by Gasteiger charge is 2.39. The first kappa shape index (κ1) is 15.3. The van der Waals surface area contributed by atoms with E-state index in [0.717, 1.165) is 0 Å². The average Bonchev–Trinajstić information content (AvgIpc) is 2.82. The van der Waals surface area contributed by atoms with Crippen LogP contribution >= 0.6 is 0 Å². The van der Waals surface area contributed by atoms with Gasteiger partial charge in [-0.15, -0.1) is 0 Å². The number of carboxylic acid groups (broad SMARTS) is 1. The first-order valence-corrected chi connectivity index (χ1v) is 8.03. The van der Waals surface area contributed by atoms with Gasteiger partial charge in [-0.1, -0.05) is 0 Å². The summed E-state index contributed by atoms with van der Waals surface area (Å²) in [4.78, 5) is 22.4. The largest absolute Gasteiger partial charge is 0.480 e. The number of carbonyl (C=O) groups is 2. The highest BCUT2D eigenvalue weighted by atomic mass is 32.2. The molecule has 1 aliphatic heterocycles. The number of urea groups is 1. The number of aliphatic carboxylic acids is 1. The predicted molar refractivity (Wildman–Crippen MR) is 73.7 cm³/mol. The normalized spacial score (nSPS) is 23.7. The molecule has 0 aliphatic carbocycles. The molecule has 2 rings (SSSR count). The van der Waals surface area contributed by atoms with E-state index in [0.29, 0.717) is 12.1 Å². The van der Waals surface area contributed by atoms with Crippen molar-refractivity contribution in [1.82, 2.24) is 15.1 Å². The van der Waals surface area contributed by atoms with Gasteiger partial charge in [-0.3, -0.25) is 9.48 Å². The van der Waals surface area contributed by atoms with Gasteiger partial charge in [0.15, 0.2) is 9.84 Å². The molecule has 0 radical (unpaired) electrons. The van der Waals surface area contributed by atoms with Gasteiger partial charge in [-0.25, -0.2) is 13.2 Å². The molecule has 116 valence electrons. The highest BCUT2D eigenvalue weighted by Crippen LogP contribution is 2.22. The molecule has 1 aromatic rings. The lowest BCUT2D eigenvalue weighted by molar-refractivity contribution is -0.137. The van der Waals surface area contributed by atoms with Crippen molar-refractivity contribution in [3.8, 4) is 0 Å². The summed E-state index contributed by atoms with van der Waals surface area (Å²) in [5, 5.41) is 17.5. The summed E-state index contributed by atoms with van der Waals surface area (Å²) in [6.45, 7) is 1.37. The molecule has 1 saturated heterocycles. The van der Waals surface area contributed by atoms with Crippen LogP contribution in [0.4, 0.5) is 10.5 Å². The zero-order valence-corrected chi connectivity index (χ0v) is 12.2. The van der Waals surface area contributed by atoms with Gasteiger partial charge in [0.25, 0.3) is 0 Å². The van der Waals surface area contributed by atoms with Gasteiger partial charge >= 0.3 is 12.0 Å². The third-order valence-corrected chi connectivity index (χ3v) is 5.01. The van der Waals surface area contributed by atoms with E-state index < -0.39 is 27.4 Å². The molecule has 21 heavy (non-hydrogen) atoms. The molecule has 0 aromatic carbocycles. The number of rotatable bonds is 4. The zero-order chi connectivity index (χ0) is 15.7. The lowest BCUT2D eigenvalue weighted by Crippen LogP contribution is -2.48. The topological polar surface area (TPSA) is 130 Å². The van der Waals surface area contributed by atoms with Gasteiger partial charge in [0, 0.05) is 6.20 Å². The van der Waals surface area contributed by atoms with E-state index in [1.165, 1.54) is 17.1 Å². The molecule has 2 amide bonds. The van der Waals surface area contributed by atoms with Crippen LogP contribution in [0.25, 0.3) is 0 Å². The molecule has 1 atom stereocenters. The van der Waals surface area contributed by atoms with Crippen LogP contribution in [0.2, 0.25) is 0 Å². The number of hydrogen-bond acceptors (Lipinski definition) is 5. The summed E-state index contributed by atoms with van der Waals surface area (Å²) in [6.07, 6.45) is 3.05. The Kier molecular flexibility index (Phi) is 3.90. The lowest BCUT2D eigenvalue weighted by Gasteiger charge is -2.23. The Labute approximate surface area is 121 Å². The number of carboxylic acids is 1. The Bertz CT molecular complexity index is 668. The summed E-state index contributed by atoms with van der Waals surface area (Å²) >= 11 is 0. The number of amides is 2. The average molecular weight is 316 g/mol. The first-order chi connectivity index (χ1) is 9.67. The van der Waals surface area contributed by atoms with Gasteiger partial charge in [0.05, 0.1) is 28.9 Å². The van der Waals surface area contributed by atoms with Gasteiger partial charge in [-0.2, -0.15) is 5.10 Å². The predicted octanol–water partition coefficient (Wildman–Crippen LogP) is -0.334. The Hall–Kier alpha value is -2.10. The lowest BCUT2D eigenvalue weighted by atomic mass is 10.0. The fraction of sp³-hybridized carbons (Fsp3) is 0.545. The van der Waals surface area contributed by atoms with E-state index in [9.17, 15) is 18.0 Å². The summed E-state index contributed by atoms with van der Waals surface area (Å²) in [6, 6.07) is -0.551. The quantitative estimate of drug-likeness (QED) is 0.697. The maximum atomic E-state index is 11.8. The van der Waals surface area contributed by atoms with E-state index in [4.69, 9.17) is 5.11 Å². The number of carbonyl (C=O) groups excluding carboxylic acids is 1. The molecular weight excluding hydrogens is 300 g/mol. The van der Waals surface area contributed by atoms with Crippen molar-refractivity contribution in [2.75, 3.05) is 16.8 Å². The molecule has 10 heteroatoms. The zero-order valence-electron chi connectivity index (χ0n) is 11.4. The second kappa shape index (κ2) is 5.35. The number of nitrogens with zero attached hydrogens (tertiary/aromatic N) is 2. The Morgan fingerprint density at radius 3 is 2.81 bits per heavy atom. The molecule has 9 nitrogen and oxygen atoms in total. The summed E-state index contributed by atoms with van der Waals surface area (Å²) < 4.78 is 24.1. The molecular formula is C11H16N4O5S. The van der Waals surface area contributed by atoms with Gasteiger partial charge in [-0.05, 0) is 13.3 Å². The van der Waals surface area contributed by atoms with Crippen molar-refractivity contribution in [1.29, 1.82) is 0 Å². The van der Waals surface area contributed by atoms with E-state index in [1.807, 2.05) is 0 Å². The number of aromatic nitrogens is 2. The third kappa shape index (κ3) is 4.18. The van der Waals surface area contributed by atoms with Crippen LogP contribution in [-0.4, -0.2) is 52.3 Å². The first-order valence-electron chi connectivity index (χ1n) is 6.21. The van der Waals surface area contributed by atoms with E-state index in [1.54, 1.807) is 6.92 Å². The fourth-order valence-electron chi connectivity index (χ4n) is 2.20. The van der Waals surface area contributed by atoms with Crippen LogP contribution < -0.4 is 10.6 Å². The van der Waals surface area contributed by atoms with Crippen molar-refractivity contribution in [3.63, 3.8) is 0 Å². The van der Waals surface area contributed by atoms with Gasteiger partial charge < -0.3 is 15.7 Å². The highest BCUT2D eigenvalue weighted by molar-refractivity contribution is 7.91. The SMILES string of the molecule is CC1(NC(=O)Nc2cnn(CC(=O)O)c2)CCS(=O)(=O)C1. The summed E-state index contributed by atoms with van der Waals surface area (Å²) in [5.41, 5.74) is -0.460. The minimum atomic E-state index is -3.11. The Morgan fingerprint density at radius 2 is 2.24 bits per heavy atom. The Morgan fingerprint density at radius 1 is 1.52 bits per heavy atom. The second-order valence-corrected chi connectivity index (χ2v) is 7.49. The van der Waals surface area contributed by atoms with Crippen molar-refractivity contribution in [2.45, 2.75) is 25.4 Å². The molecule has 0 spiro atoms. The molecule has 3 N–H and O–H groups in total.